The number of aromatic nitrogens is 4. The second-order valence-corrected chi connectivity index (χ2v) is 8.04. The Morgan fingerprint density at radius 2 is 2.00 bits per heavy atom. The number of fused-ring (bicyclic) bond motifs is 1. The molecular weight excluding hydrogens is 354 g/mol. The largest absolute Gasteiger partial charge is 0.299 e. The van der Waals surface area contributed by atoms with E-state index < -0.39 is 10.0 Å². The van der Waals surface area contributed by atoms with Crippen molar-refractivity contribution in [2.75, 3.05) is 4.72 Å². The number of para-hydroxylation sites is 1. The second-order valence-electron chi connectivity index (χ2n) is 6.47. The number of carbonyl (C=O) groups excluding carboxylic acids is 1. The summed E-state index contributed by atoms with van der Waals surface area (Å²) in [5, 5.41) is 3.81. The van der Waals surface area contributed by atoms with Crippen molar-refractivity contribution in [3.63, 3.8) is 0 Å². The molecule has 1 N–H and O–H groups in total. The van der Waals surface area contributed by atoms with Gasteiger partial charge in [-0.05, 0) is 44.4 Å². The number of anilines is 1. The van der Waals surface area contributed by atoms with Crippen LogP contribution in [-0.2, 0) is 10.0 Å². The van der Waals surface area contributed by atoms with E-state index in [4.69, 9.17) is 0 Å². The Balaban J connectivity index is 1.80. The highest BCUT2D eigenvalue weighted by Crippen LogP contribution is 2.40. The van der Waals surface area contributed by atoms with Crippen LogP contribution in [0.1, 0.15) is 46.1 Å². The smallest absolute Gasteiger partial charge is 0.298 e. The maximum atomic E-state index is 12.8. The van der Waals surface area contributed by atoms with Crippen LogP contribution in [0.5, 0.6) is 0 Å². The Morgan fingerprint density at radius 1 is 1.23 bits per heavy atom. The molecule has 1 aromatic carbocycles. The van der Waals surface area contributed by atoms with E-state index in [1.807, 2.05) is 13.0 Å². The van der Waals surface area contributed by atoms with E-state index >= 15 is 0 Å². The summed E-state index contributed by atoms with van der Waals surface area (Å²) in [6.07, 6.45) is 2.70. The molecule has 1 aliphatic carbocycles. The van der Waals surface area contributed by atoms with E-state index in [0.29, 0.717) is 17.8 Å². The van der Waals surface area contributed by atoms with Crippen molar-refractivity contribution in [3.8, 4) is 0 Å². The van der Waals surface area contributed by atoms with Gasteiger partial charge in [-0.2, -0.15) is 17.9 Å². The minimum Gasteiger partial charge on any atom is -0.298 e. The highest BCUT2D eigenvalue weighted by Gasteiger charge is 2.30. The number of hydrogen-bond acceptors (Lipinski definition) is 6. The lowest BCUT2D eigenvalue weighted by molar-refractivity contribution is 0.112. The summed E-state index contributed by atoms with van der Waals surface area (Å²) < 4.78 is 29.5. The monoisotopic (exact) mass is 371 g/mol. The Labute approximate surface area is 150 Å². The summed E-state index contributed by atoms with van der Waals surface area (Å²) in [5.74, 6) is 0.620. The number of sulfonamides is 1. The van der Waals surface area contributed by atoms with Crippen molar-refractivity contribution in [2.45, 2.75) is 37.8 Å². The fraction of sp³-hybridized carbons (Fsp3) is 0.294. The average Bonchev–Trinajstić information content (AvgIpc) is 3.34. The molecule has 0 unspecified atom stereocenters. The van der Waals surface area contributed by atoms with Gasteiger partial charge in [-0.15, -0.1) is 5.10 Å². The SMILES string of the molecule is Cc1cc(C2CC2)n2nc(S(=O)(=O)Nc3c(C)cccc3C=O)nc2n1. The number of nitrogens with zero attached hydrogens (tertiary/aromatic N) is 4. The van der Waals surface area contributed by atoms with Crippen molar-refractivity contribution in [1.82, 2.24) is 19.6 Å². The molecule has 0 radical (unpaired) electrons. The average molecular weight is 371 g/mol. The molecule has 1 aliphatic rings. The van der Waals surface area contributed by atoms with Crippen LogP contribution in [-0.4, -0.2) is 34.3 Å². The third-order valence-corrected chi connectivity index (χ3v) is 5.48. The van der Waals surface area contributed by atoms with Crippen LogP contribution in [0.25, 0.3) is 5.78 Å². The molecule has 0 saturated heterocycles. The summed E-state index contributed by atoms with van der Waals surface area (Å²) in [5.41, 5.74) is 2.81. The van der Waals surface area contributed by atoms with E-state index in [1.54, 1.807) is 25.1 Å². The molecule has 0 atom stereocenters. The molecular formula is C17H17N5O3S. The fourth-order valence-corrected chi connectivity index (χ4v) is 3.92. The molecule has 26 heavy (non-hydrogen) atoms. The summed E-state index contributed by atoms with van der Waals surface area (Å²) in [7, 11) is -4.06. The predicted octanol–water partition coefficient (Wildman–Crippen LogP) is 2.23. The molecule has 2 heterocycles. The zero-order valence-electron chi connectivity index (χ0n) is 14.3. The molecule has 9 heteroatoms. The van der Waals surface area contributed by atoms with Gasteiger partial charge in [0.1, 0.15) is 0 Å². The van der Waals surface area contributed by atoms with Gasteiger partial charge in [-0.25, -0.2) is 4.98 Å². The zero-order chi connectivity index (χ0) is 18.5. The fourth-order valence-electron chi connectivity index (χ4n) is 2.89. The summed E-state index contributed by atoms with van der Waals surface area (Å²) in [6, 6.07) is 6.87. The molecule has 1 saturated carbocycles. The highest BCUT2D eigenvalue weighted by molar-refractivity contribution is 7.92. The molecule has 2 aromatic heterocycles. The number of benzene rings is 1. The Hall–Kier alpha value is -2.81. The number of carbonyl (C=O) groups is 1. The van der Waals surface area contributed by atoms with E-state index in [0.717, 1.165) is 24.2 Å². The molecule has 134 valence electrons. The second kappa shape index (κ2) is 5.87. The predicted molar refractivity (Wildman–Crippen MR) is 94.9 cm³/mol. The first-order chi connectivity index (χ1) is 12.4. The van der Waals surface area contributed by atoms with E-state index in [1.165, 1.54) is 4.52 Å². The maximum absolute atomic E-state index is 12.8. The topological polar surface area (TPSA) is 106 Å². The molecule has 4 rings (SSSR count). The molecule has 0 bridgehead atoms. The number of aryl methyl sites for hydroxylation is 2. The van der Waals surface area contributed by atoms with Crippen LogP contribution in [0.4, 0.5) is 5.69 Å². The molecule has 0 aliphatic heterocycles. The Bertz CT molecular complexity index is 1130. The van der Waals surface area contributed by atoms with E-state index in [-0.39, 0.29) is 22.2 Å². The Kier molecular flexibility index (Phi) is 3.76. The minimum atomic E-state index is -4.06. The van der Waals surface area contributed by atoms with Gasteiger partial charge in [0.25, 0.3) is 21.0 Å². The quantitative estimate of drug-likeness (QED) is 0.689. The summed E-state index contributed by atoms with van der Waals surface area (Å²) >= 11 is 0. The van der Waals surface area contributed by atoms with Gasteiger partial charge in [0.2, 0.25) is 0 Å². The zero-order valence-corrected chi connectivity index (χ0v) is 15.1. The van der Waals surface area contributed by atoms with Crippen molar-refractivity contribution in [3.05, 3.63) is 46.8 Å². The lowest BCUT2D eigenvalue weighted by Crippen LogP contribution is -2.17. The van der Waals surface area contributed by atoms with Crippen molar-refractivity contribution >= 4 is 27.8 Å². The minimum absolute atomic E-state index is 0.230. The molecule has 1 fully saturated rings. The lowest BCUT2D eigenvalue weighted by atomic mass is 10.1. The van der Waals surface area contributed by atoms with Crippen LogP contribution < -0.4 is 4.72 Å². The van der Waals surface area contributed by atoms with Crippen molar-refractivity contribution in [2.24, 2.45) is 0 Å². The highest BCUT2D eigenvalue weighted by atomic mass is 32.2. The maximum Gasteiger partial charge on any atom is 0.299 e. The van der Waals surface area contributed by atoms with Crippen molar-refractivity contribution in [1.29, 1.82) is 0 Å². The first kappa shape index (κ1) is 16.6. The van der Waals surface area contributed by atoms with Gasteiger partial charge in [0.15, 0.2) is 6.29 Å². The van der Waals surface area contributed by atoms with Gasteiger partial charge in [-0.1, -0.05) is 12.1 Å². The molecule has 8 nitrogen and oxygen atoms in total. The van der Waals surface area contributed by atoms with Gasteiger partial charge >= 0.3 is 0 Å². The van der Waals surface area contributed by atoms with Crippen LogP contribution in [0.3, 0.4) is 0 Å². The van der Waals surface area contributed by atoms with Gasteiger partial charge in [-0.3, -0.25) is 9.52 Å². The van der Waals surface area contributed by atoms with Crippen LogP contribution in [0, 0.1) is 13.8 Å². The molecule has 0 amide bonds. The van der Waals surface area contributed by atoms with Crippen LogP contribution in [0.15, 0.2) is 29.4 Å². The normalized spacial score (nSPS) is 14.5. The summed E-state index contributed by atoms with van der Waals surface area (Å²) in [4.78, 5) is 19.6. The van der Waals surface area contributed by atoms with Gasteiger partial charge in [0.05, 0.1) is 11.4 Å². The first-order valence-corrected chi connectivity index (χ1v) is 9.69. The van der Waals surface area contributed by atoms with E-state index in [9.17, 15) is 13.2 Å². The first-order valence-electron chi connectivity index (χ1n) is 8.21. The number of nitrogens with one attached hydrogen (secondary N) is 1. The summed E-state index contributed by atoms with van der Waals surface area (Å²) in [6.45, 7) is 3.56. The number of rotatable bonds is 5. The lowest BCUT2D eigenvalue weighted by Gasteiger charge is -2.10. The van der Waals surface area contributed by atoms with Crippen molar-refractivity contribution < 1.29 is 13.2 Å². The van der Waals surface area contributed by atoms with Gasteiger partial charge in [0, 0.05) is 17.2 Å². The van der Waals surface area contributed by atoms with Crippen LogP contribution in [0.2, 0.25) is 0 Å². The van der Waals surface area contributed by atoms with Gasteiger partial charge < -0.3 is 0 Å². The number of hydrogen-bond donors (Lipinski definition) is 1. The molecule has 0 spiro atoms. The van der Waals surface area contributed by atoms with E-state index in [2.05, 4.69) is 19.8 Å². The Morgan fingerprint density at radius 3 is 2.69 bits per heavy atom. The third-order valence-electron chi connectivity index (χ3n) is 4.35. The third kappa shape index (κ3) is 2.84. The molecule has 3 aromatic rings. The van der Waals surface area contributed by atoms with Crippen LogP contribution >= 0.6 is 0 Å². The number of aldehydes is 1. The standard InChI is InChI=1S/C17H17N5O3S/c1-10-4-3-5-13(9-23)15(10)21-26(24,25)17-19-16-18-11(2)8-14(12-6-7-12)22(16)20-17/h3-5,8-9,12,21H,6-7H2,1-2H3.